The van der Waals surface area contributed by atoms with Crippen molar-refractivity contribution in [2.75, 3.05) is 13.2 Å². The number of esters is 1. The number of carbonyl (C=O) groups is 2. The summed E-state index contributed by atoms with van der Waals surface area (Å²) in [5.41, 5.74) is 0. The van der Waals surface area contributed by atoms with Gasteiger partial charge in [-0.25, -0.2) is 4.79 Å². The van der Waals surface area contributed by atoms with Crippen LogP contribution in [0.2, 0.25) is 0 Å². The van der Waals surface area contributed by atoms with Crippen molar-refractivity contribution in [1.29, 1.82) is 0 Å². The van der Waals surface area contributed by atoms with E-state index in [9.17, 15) is 9.59 Å². The first kappa shape index (κ1) is 14.6. The first-order chi connectivity index (χ1) is 7.56. The average Bonchev–Trinajstić information content (AvgIpc) is 2.69. The Morgan fingerprint density at radius 1 is 1.56 bits per heavy atom. The molecular formula is C11H17O5. The molecule has 1 fully saturated rings. The van der Waals surface area contributed by atoms with Gasteiger partial charge in [0.2, 0.25) is 0 Å². The lowest BCUT2D eigenvalue weighted by molar-refractivity contribution is -0.142. The molecule has 0 spiro atoms. The van der Waals surface area contributed by atoms with Crippen molar-refractivity contribution in [2.24, 2.45) is 0 Å². The van der Waals surface area contributed by atoms with E-state index in [1.54, 1.807) is 0 Å². The van der Waals surface area contributed by atoms with Gasteiger partial charge in [-0.15, -0.1) is 0 Å². The fraction of sp³-hybridized carbons (Fsp3) is 0.545. The van der Waals surface area contributed by atoms with E-state index in [-0.39, 0.29) is 13.0 Å². The van der Waals surface area contributed by atoms with Crippen LogP contribution in [0.3, 0.4) is 0 Å². The first-order valence-corrected chi connectivity index (χ1v) is 5.02. The number of carbonyl (C=O) groups excluding carboxylic acids is 1. The first-order valence-electron chi connectivity index (χ1n) is 5.02. The summed E-state index contributed by atoms with van der Waals surface area (Å²) in [4.78, 5) is 20.1. The smallest absolute Gasteiger partial charge is 0.330 e. The third kappa shape index (κ3) is 9.21. The van der Waals surface area contributed by atoms with Crippen molar-refractivity contribution in [3.63, 3.8) is 0 Å². The van der Waals surface area contributed by atoms with E-state index in [1.165, 1.54) is 6.42 Å². The number of ether oxygens (including phenoxy) is 2. The molecule has 91 valence electrons. The minimum Gasteiger partial charge on any atom is -0.481 e. The molecule has 16 heavy (non-hydrogen) atoms. The highest BCUT2D eigenvalue weighted by Gasteiger charge is 2.07. The van der Waals surface area contributed by atoms with Gasteiger partial charge in [-0.1, -0.05) is 6.58 Å². The fourth-order valence-corrected chi connectivity index (χ4v) is 0.942. The molecular weight excluding hydrogens is 212 g/mol. The lowest BCUT2D eigenvalue weighted by Gasteiger charge is -1.96. The van der Waals surface area contributed by atoms with Crippen LogP contribution >= 0.6 is 0 Å². The predicted octanol–water partition coefficient (Wildman–Crippen LogP) is 1.19. The lowest BCUT2D eigenvalue weighted by atomic mass is 10.3. The molecule has 1 rings (SSSR count). The molecule has 1 radical (unpaired) electrons. The summed E-state index contributed by atoms with van der Waals surface area (Å²) in [6, 6.07) is 0. The zero-order valence-corrected chi connectivity index (χ0v) is 9.18. The standard InChI is InChI=1S/C6H8O4.C5H9O/c1-2-6(9)10-4-3-5(7)8;1-5-3-2-4-6-5/h2H,1,3-4H2,(H,7,8);5H,1-4H2. The zero-order chi connectivity index (χ0) is 12.4. The largest absolute Gasteiger partial charge is 0.481 e. The monoisotopic (exact) mass is 229 g/mol. The van der Waals surface area contributed by atoms with Crippen LogP contribution in [0.4, 0.5) is 0 Å². The molecule has 5 nitrogen and oxygen atoms in total. The maximum Gasteiger partial charge on any atom is 0.330 e. The van der Waals surface area contributed by atoms with E-state index in [0.29, 0.717) is 6.10 Å². The average molecular weight is 229 g/mol. The number of carboxylic acid groups (broad SMARTS) is 1. The van der Waals surface area contributed by atoms with Crippen LogP contribution in [0.5, 0.6) is 0 Å². The van der Waals surface area contributed by atoms with Crippen LogP contribution in [0.1, 0.15) is 19.3 Å². The highest BCUT2D eigenvalue weighted by Crippen LogP contribution is 2.08. The predicted molar refractivity (Wildman–Crippen MR) is 57.7 cm³/mol. The topological polar surface area (TPSA) is 72.8 Å². The molecule has 0 aromatic heterocycles. The van der Waals surface area contributed by atoms with Gasteiger partial charge in [0, 0.05) is 12.7 Å². The van der Waals surface area contributed by atoms with Crippen molar-refractivity contribution in [3.8, 4) is 0 Å². The number of rotatable bonds is 4. The van der Waals surface area contributed by atoms with Crippen molar-refractivity contribution in [3.05, 3.63) is 19.6 Å². The minimum absolute atomic E-state index is 0.0970. The zero-order valence-electron chi connectivity index (χ0n) is 9.18. The van der Waals surface area contributed by atoms with Gasteiger partial charge in [0.25, 0.3) is 0 Å². The maximum absolute atomic E-state index is 10.3. The normalized spacial score (nSPS) is 18.2. The fourth-order valence-electron chi connectivity index (χ4n) is 0.942. The van der Waals surface area contributed by atoms with E-state index in [4.69, 9.17) is 9.84 Å². The molecule has 1 aliphatic heterocycles. The molecule has 0 saturated carbocycles. The van der Waals surface area contributed by atoms with Gasteiger partial charge < -0.3 is 14.6 Å². The summed E-state index contributed by atoms with van der Waals surface area (Å²) in [5, 5.41) is 8.08. The summed E-state index contributed by atoms with van der Waals surface area (Å²) in [7, 11) is 0. The van der Waals surface area contributed by atoms with Crippen LogP contribution in [0, 0.1) is 6.92 Å². The van der Waals surface area contributed by atoms with Crippen LogP contribution in [-0.2, 0) is 19.1 Å². The van der Waals surface area contributed by atoms with Crippen molar-refractivity contribution in [2.45, 2.75) is 25.4 Å². The van der Waals surface area contributed by atoms with E-state index in [2.05, 4.69) is 18.2 Å². The molecule has 1 aliphatic rings. The van der Waals surface area contributed by atoms with Crippen LogP contribution < -0.4 is 0 Å². The van der Waals surface area contributed by atoms with Crippen LogP contribution in [0.15, 0.2) is 12.7 Å². The second-order valence-corrected chi connectivity index (χ2v) is 3.15. The van der Waals surface area contributed by atoms with Gasteiger partial charge in [0.1, 0.15) is 6.61 Å². The highest BCUT2D eigenvalue weighted by atomic mass is 16.5. The summed E-state index contributed by atoms with van der Waals surface area (Å²) in [5.74, 6) is -1.59. The molecule has 1 saturated heterocycles. The van der Waals surface area contributed by atoms with Gasteiger partial charge in [-0.2, -0.15) is 0 Å². The number of aliphatic carboxylic acids is 1. The molecule has 1 atom stereocenters. The summed E-state index contributed by atoms with van der Waals surface area (Å²) in [6.07, 6.45) is 3.47. The molecule has 0 amide bonds. The van der Waals surface area contributed by atoms with Crippen molar-refractivity contribution in [1.82, 2.24) is 0 Å². The molecule has 0 bridgehead atoms. The van der Waals surface area contributed by atoms with E-state index >= 15 is 0 Å². The quantitative estimate of drug-likeness (QED) is 0.579. The van der Waals surface area contributed by atoms with Crippen LogP contribution in [0.25, 0.3) is 0 Å². The minimum atomic E-state index is -0.989. The Balaban J connectivity index is 0.000000315. The third-order valence-electron chi connectivity index (χ3n) is 1.75. The summed E-state index contributed by atoms with van der Waals surface area (Å²) < 4.78 is 9.41. The van der Waals surface area contributed by atoms with Gasteiger partial charge in [-0.05, 0) is 19.8 Å². The lowest BCUT2D eigenvalue weighted by Crippen LogP contribution is -2.06. The molecule has 0 aliphatic carbocycles. The number of hydrogen-bond acceptors (Lipinski definition) is 4. The van der Waals surface area contributed by atoms with Crippen molar-refractivity contribution >= 4 is 11.9 Å². The summed E-state index contributed by atoms with van der Waals surface area (Å²) >= 11 is 0. The van der Waals surface area contributed by atoms with Crippen LogP contribution in [-0.4, -0.2) is 36.4 Å². The number of carboxylic acids is 1. The Bertz CT molecular complexity index is 231. The van der Waals surface area contributed by atoms with E-state index in [1.807, 2.05) is 0 Å². The third-order valence-corrected chi connectivity index (χ3v) is 1.75. The molecule has 1 heterocycles. The Morgan fingerprint density at radius 3 is 2.56 bits per heavy atom. The highest BCUT2D eigenvalue weighted by molar-refractivity contribution is 5.81. The summed E-state index contributed by atoms with van der Waals surface area (Å²) in [6.45, 7) is 7.68. The van der Waals surface area contributed by atoms with Gasteiger partial charge in [-0.3, -0.25) is 4.79 Å². The van der Waals surface area contributed by atoms with Gasteiger partial charge >= 0.3 is 11.9 Å². The van der Waals surface area contributed by atoms with Gasteiger partial charge in [0.05, 0.1) is 12.5 Å². The van der Waals surface area contributed by atoms with E-state index < -0.39 is 11.9 Å². The molecule has 0 aromatic rings. The Morgan fingerprint density at radius 2 is 2.25 bits per heavy atom. The molecule has 0 aromatic carbocycles. The van der Waals surface area contributed by atoms with Gasteiger partial charge in [0.15, 0.2) is 0 Å². The van der Waals surface area contributed by atoms with E-state index in [0.717, 1.165) is 19.1 Å². The Kier molecular flexibility index (Phi) is 8.15. The SMILES string of the molecule is C=CC(=O)OCCC(=O)O.[CH2]C1CCCO1. The second kappa shape index (κ2) is 8.91. The molecule has 1 unspecified atom stereocenters. The maximum atomic E-state index is 10.3. The Hall–Kier alpha value is -1.36. The van der Waals surface area contributed by atoms with Crippen molar-refractivity contribution < 1.29 is 24.2 Å². The number of hydrogen-bond donors (Lipinski definition) is 1. The second-order valence-electron chi connectivity index (χ2n) is 3.15. The Labute approximate surface area is 95.0 Å². The molecule has 5 heteroatoms. The molecule has 1 N–H and O–H groups in total.